The quantitative estimate of drug-likeness (QED) is 0.780. The predicted octanol–water partition coefficient (Wildman–Crippen LogP) is 0.999. The maximum Gasteiger partial charge on any atom is 0.255 e. The average Bonchev–Trinajstić information content (AvgIpc) is 2.96. The van der Waals surface area contributed by atoms with Crippen LogP contribution in [0.2, 0.25) is 0 Å². The highest BCUT2D eigenvalue weighted by Crippen LogP contribution is 2.20. The minimum absolute atomic E-state index is 0.172. The summed E-state index contributed by atoms with van der Waals surface area (Å²) in [5.41, 5.74) is -0.110. The van der Waals surface area contributed by atoms with Gasteiger partial charge in [0.25, 0.3) is 5.91 Å². The molecule has 3 rings (SSSR count). The molecule has 0 spiro atoms. The number of hydrogen-bond acceptors (Lipinski definition) is 4. The van der Waals surface area contributed by atoms with Crippen molar-refractivity contribution in [3.63, 3.8) is 0 Å². The number of piperidine rings is 1. The second kappa shape index (κ2) is 6.68. The van der Waals surface area contributed by atoms with E-state index in [1.54, 1.807) is 11.9 Å². The van der Waals surface area contributed by atoms with E-state index in [0.29, 0.717) is 13.0 Å². The zero-order valence-electron chi connectivity index (χ0n) is 13.5. The van der Waals surface area contributed by atoms with Gasteiger partial charge in [0.2, 0.25) is 0 Å². The molecule has 0 aliphatic carbocycles. The highest BCUT2D eigenvalue weighted by atomic mass is 16.3. The Bertz CT molecular complexity index is 684. The summed E-state index contributed by atoms with van der Waals surface area (Å²) in [4.78, 5) is 13.7. The van der Waals surface area contributed by atoms with Gasteiger partial charge >= 0.3 is 0 Å². The monoisotopic (exact) mass is 316 g/mol. The highest BCUT2D eigenvalue weighted by molar-refractivity contribution is 5.85. The molecular weight excluding hydrogens is 292 g/mol. The second-order valence-corrected chi connectivity index (χ2v) is 6.32. The summed E-state index contributed by atoms with van der Waals surface area (Å²) < 4.78 is 1.99. The van der Waals surface area contributed by atoms with E-state index in [0.717, 1.165) is 43.4 Å². The molecule has 1 aliphatic rings. The number of hydrogen-bond donors (Lipinski definition) is 2. The normalized spacial score (nSPS) is 22.0. The van der Waals surface area contributed by atoms with E-state index in [4.69, 9.17) is 0 Å². The van der Waals surface area contributed by atoms with Gasteiger partial charge in [0.05, 0.1) is 11.7 Å². The first-order valence-electron chi connectivity index (χ1n) is 8.19. The largest absolute Gasteiger partial charge is 0.379 e. The number of fused-ring (bicyclic) bond motifs is 1. The van der Waals surface area contributed by atoms with Crippen LogP contribution in [-0.2, 0) is 11.3 Å². The number of nitrogens with zero attached hydrogens (tertiary/aromatic N) is 3. The third kappa shape index (κ3) is 3.38. The lowest BCUT2D eigenvalue weighted by atomic mass is 9.92. The van der Waals surface area contributed by atoms with Crippen molar-refractivity contribution in [3.05, 3.63) is 30.5 Å². The molecule has 1 aliphatic heterocycles. The van der Waals surface area contributed by atoms with Crippen LogP contribution in [0.4, 0.5) is 0 Å². The van der Waals surface area contributed by atoms with Gasteiger partial charge in [-0.1, -0.05) is 18.2 Å². The Kier molecular flexibility index (Phi) is 4.63. The van der Waals surface area contributed by atoms with Gasteiger partial charge in [-0.3, -0.25) is 9.48 Å². The minimum Gasteiger partial charge on any atom is -0.379 e. The topological polar surface area (TPSA) is 70.4 Å². The highest BCUT2D eigenvalue weighted by Gasteiger charge is 2.40. The van der Waals surface area contributed by atoms with Crippen molar-refractivity contribution in [3.8, 4) is 0 Å². The molecule has 0 radical (unpaired) electrons. The first-order chi connectivity index (χ1) is 11.1. The zero-order chi connectivity index (χ0) is 16.3. The van der Waals surface area contributed by atoms with Crippen LogP contribution < -0.4 is 5.32 Å². The fourth-order valence-electron chi connectivity index (χ4n) is 3.19. The molecule has 1 unspecified atom stereocenters. The Labute approximate surface area is 136 Å². The fraction of sp³-hybridized carbons (Fsp3) is 0.529. The molecular formula is C17H24N4O2. The zero-order valence-corrected chi connectivity index (χ0v) is 13.5. The lowest BCUT2D eigenvalue weighted by molar-refractivity contribution is -0.154. The summed E-state index contributed by atoms with van der Waals surface area (Å²) in [6, 6.07) is 8.14. The van der Waals surface area contributed by atoms with Crippen LogP contribution in [0, 0.1) is 0 Å². The number of aryl methyl sites for hydroxylation is 1. The van der Waals surface area contributed by atoms with E-state index in [1.807, 2.05) is 23.0 Å². The second-order valence-electron chi connectivity index (χ2n) is 6.32. The smallest absolute Gasteiger partial charge is 0.255 e. The van der Waals surface area contributed by atoms with Crippen molar-refractivity contribution in [2.24, 2.45) is 0 Å². The molecule has 6 nitrogen and oxygen atoms in total. The number of aliphatic hydroxyl groups is 1. The number of carbonyl (C=O) groups excluding carboxylic acids is 1. The summed E-state index contributed by atoms with van der Waals surface area (Å²) in [5, 5.41) is 19.2. The molecule has 1 fully saturated rings. The first-order valence-corrected chi connectivity index (χ1v) is 8.19. The maximum atomic E-state index is 12.1. The van der Waals surface area contributed by atoms with Gasteiger partial charge in [-0.05, 0) is 31.9 Å². The maximum absolute atomic E-state index is 12.1. The van der Waals surface area contributed by atoms with Gasteiger partial charge < -0.3 is 15.3 Å². The van der Waals surface area contributed by atoms with Crippen molar-refractivity contribution < 1.29 is 9.90 Å². The average molecular weight is 316 g/mol. The van der Waals surface area contributed by atoms with E-state index < -0.39 is 5.60 Å². The molecule has 0 saturated carbocycles. The van der Waals surface area contributed by atoms with Crippen LogP contribution >= 0.6 is 0 Å². The van der Waals surface area contributed by atoms with Crippen molar-refractivity contribution >= 4 is 16.8 Å². The van der Waals surface area contributed by atoms with Gasteiger partial charge in [-0.15, -0.1) is 0 Å². The molecule has 124 valence electrons. The molecule has 1 aromatic heterocycles. The first kappa shape index (κ1) is 16.0. The molecule has 2 N–H and O–H groups in total. The van der Waals surface area contributed by atoms with Gasteiger partial charge in [0, 0.05) is 32.1 Å². The molecule has 1 saturated heterocycles. The van der Waals surface area contributed by atoms with Gasteiger partial charge in [-0.25, -0.2) is 0 Å². The summed E-state index contributed by atoms with van der Waals surface area (Å²) in [6.07, 6.45) is 4.15. The van der Waals surface area contributed by atoms with Gasteiger partial charge in [-0.2, -0.15) is 5.10 Å². The number of nitrogens with one attached hydrogen (secondary N) is 1. The molecule has 2 heterocycles. The third-order valence-electron chi connectivity index (χ3n) is 4.52. The van der Waals surface area contributed by atoms with Crippen LogP contribution in [0.1, 0.15) is 19.3 Å². The van der Waals surface area contributed by atoms with Crippen molar-refractivity contribution in [2.75, 3.05) is 26.7 Å². The lowest BCUT2D eigenvalue weighted by Crippen LogP contribution is -2.57. The van der Waals surface area contributed by atoms with Crippen molar-refractivity contribution in [1.82, 2.24) is 20.0 Å². The molecule has 1 aromatic carbocycles. The van der Waals surface area contributed by atoms with Crippen LogP contribution in [0.15, 0.2) is 30.5 Å². The SMILES string of the molecule is CN1CCCC(O)(CNCCCn2ncc3ccccc32)C1=O. The number of likely N-dealkylation sites (N-methyl/N-ethyl adjacent to an activating group) is 1. The number of carbonyl (C=O) groups is 1. The van der Waals surface area contributed by atoms with Crippen LogP contribution in [0.5, 0.6) is 0 Å². The van der Waals surface area contributed by atoms with E-state index in [9.17, 15) is 9.90 Å². The Morgan fingerprint density at radius 2 is 2.22 bits per heavy atom. The van der Waals surface area contributed by atoms with Crippen LogP contribution in [0.25, 0.3) is 10.9 Å². The van der Waals surface area contributed by atoms with E-state index in [2.05, 4.69) is 22.5 Å². The van der Waals surface area contributed by atoms with Crippen molar-refractivity contribution in [1.29, 1.82) is 0 Å². The van der Waals surface area contributed by atoms with Crippen LogP contribution in [-0.4, -0.2) is 58.0 Å². The lowest BCUT2D eigenvalue weighted by Gasteiger charge is -2.36. The van der Waals surface area contributed by atoms with Crippen LogP contribution in [0.3, 0.4) is 0 Å². The molecule has 23 heavy (non-hydrogen) atoms. The van der Waals surface area contributed by atoms with Crippen molar-refractivity contribution in [2.45, 2.75) is 31.4 Å². The fourth-order valence-corrected chi connectivity index (χ4v) is 3.19. The van der Waals surface area contributed by atoms with E-state index >= 15 is 0 Å². The third-order valence-corrected chi connectivity index (χ3v) is 4.52. The number of aromatic nitrogens is 2. The Hall–Kier alpha value is -1.92. The number of likely N-dealkylation sites (tertiary alicyclic amines) is 1. The summed E-state index contributed by atoms with van der Waals surface area (Å²) in [5.74, 6) is -0.172. The molecule has 1 atom stereocenters. The van der Waals surface area contributed by atoms with E-state index in [1.165, 1.54) is 0 Å². The minimum atomic E-state index is -1.24. The Balaban J connectivity index is 1.46. The predicted molar refractivity (Wildman–Crippen MR) is 89.0 cm³/mol. The molecule has 1 amide bonds. The summed E-state index contributed by atoms with van der Waals surface area (Å²) >= 11 is 0. The number of para-hydroxylation sites is 1. The Morgan fingerprint density at radius 1 is 1.39 bits per heavy atom. The standard InChI is InChI=1S/C17H24N4O2/c1-20-10-4-8-17(23,16(20)22)13-18-9-5-11-21-15-7-3-2-6-14(15)12-19-21/h2-3,6-7,12,18,23H,4-5,8-11,13H2,1H3. The Morgan fingerprint density at radius 3 is 3.09 bits per heavy atom. The molecule has 2 aromatic rings. The number of benzene rings is 1. The summed E-state index contributed by atoms with van der Waals surface area (Å²) in [7, 11) is 1.75. The van der Waals surface area contributed by atoms with Gasteiger partial charge in [0.1, 0.15) is 0 Å². The summed E-state index contributed by atoms with van der Waals surface area (Å²) in [6.45, 7) is 2.60. The number of rotatable bonds is 6. The molecule has 6 heteroatoms. The van der Waals surface area contributed by atoms with Gasteiger partial charge in [0.15, 0.2) is 5.60 Å². The molecule has 0 bridgehead atoms. The van der Waals surface area contributed by atoms with E-state index in [-0.39, 0.29) is 5.91 Å². The number of amides is 1.